The number of hydrogen-bond acceptors (Lipinski definition) is 2. The number of aryl methyl sites for hydroxylation is 1. The molecular weight excluding hydrogens is 253 g/mol. The zero-order valence-corrected chi connectivity index (χ0v) is 12.1. The maximum Gasteiger partial charge on any atom is 0.126 e. The molecule has 2 aromatic carbocycles. The van der Waals surface area contributed by atoms with E-state index in [4.69, 9.17) is 10.5 Å². The third kappa shape index (κ3) is 3.17. The molecule has 2 N–H and O–H groups in total. The number of rotatable bonds is 4. The molecule has 2 aromatic rings. The van der Waals surface area contributed by atoms with Gasteiger partial charge in [0.05, 0.1) is 7.11 Å². The Morgan fingerprint density at radius 1 is 1.15 bits per heavy atom. The fourth-order valence-corrected chi connectivity index (χ4v) is 2.27. The largest absolute Gasteiger partial charge is 0.497 e. The van der Waals surface area contributed by atoms with Crippen LogP contribution in [0.3, 0.4) is 0 Å². The van der Waals surface area contributed by atoms with Crippen molar-refractivity contribution in [2.75, 3.05) is 7.11 Å². The first kappa shape index (κ1) is 14.5. The van der Waals surface area contributed by atoms with Gasteiger partial charge in [0.2, 0.25) is 0 Å². The number of hydrogen-bond donors (Lipinski definition) is 1. The van der Waals surface area contributed by atoms with Crippen molar-refractivity contribution in [3.63, 3.8) is 0 Å². The predicted molar refractivity (Wildman–Crippen MR) is 79.4 cm³/mol. The Morgan fingerprint density at radius 2 is 1.80 bits per heavy atom. The Morgan fingerprint density at radius 3 is 2.35 bits per heavy atom. The summed E-state index contributed by atoms with van der Waals surface area (Å²) in [6.45, 7) is 3.71. The average molecular weight is 273 g/mol. The lowest BCUT2D eigenvalue weighted by atomic mass is 9.86. The maximum absolute atomic E-state index is 13.3. The molecule has 1 atom stereocenters. The van der Waals surface area contributed by atoms with E-state index in [0.717, 1.165) is 16.9 Å². The van der Waals surface area contributed by atoms with Crippen LogP contribution in [0.15, 0.2) is 42.5 Å². The number of methoxy groups -OCH3 is 1. The second kappa shape index (κ2) is 5.63. The predicted octanol–water partition coefficient (Wildman–Crippen LogP) is 3.56. The molecule has 0 aliphatic rings. The SMILES string of the molecule is COc1ccc(CC(C)(N)c2ccc(F)c(C)c2)cc1. The highest BCUT2D eigenvalue weighted by Gasteiger charge is 2.22. The van der Waals surface area contributed by atoms with Crippen LogP contribution >= 0.6 is 0 Å². The molecule has 0 bridgehead atoms. The van der Waals surface area contributed by atoms with Gasteiger partial charge < -0.3 is 10.5 Å². The molecule has 1 unspecified atom stereocenters. The molecule has 0 aliphatic heterocycles. The molecular formula is C17H20FNO. The maximum atomic E-state index is 13.3. The van der Waals surface area contributed by atoms with E-state index in [1.165, 1.54) is 6.07 Å². The van der Waals surface area contributed by atoms with Gasteiger partial charge in [-0.2, -0.15) is 0 Å². The normalized spacial score (nSPS) is 13.8. The Kier molecular flexibility index (Phi) is 4.09. The van der Waals surface area contributed by atoms with Crippen molar-refractivity contribution in [3.8, 4) is 5.75 Å². The van der Waals surface area contributed by atoms with E-state index in [-0.39, 0.29) is 5.82 Å². The number of halogens is 1. The van der Waals surface area contributed by atoms with Crippen LogP contribution in [0.2, 0.25) is 0 Å². The first-order valence-corrected chi connectivity index (χ1v) is 6.61. The van der Waals surface area contributed by atoms with Crippen molar-refractivity contribution < 1.29 is 9.13 Å². The quantitative estimate of drug-likeness (QED) is 0.924. The van der Waals surface area contributed by atoms with Gasteiger partial charge in [0.25, 0.3) is 0 Å². The first-order valence-electron chi connectivity index (χ1n) is 6.61. The number of benzene rings is 2. The Hall–Kier alpha value is -1.87. The van der Waals surface area contributed by atoms with Gasteiger partial charge in [0.1, 0.15) is 11.6 Å². The van der Waals surface area contributed by atoms with Gasteiger partial charge >= 0.3 is 0 Å². The lowest BCUT2D eigenvalue weighted by Crippen LogP contribution is -2.35. The van der Waals surface area contributed by atoms with Crippen LogP contribution in [0.4, 0.5) is 4.39 Å². The van der Waals surface area contributed by atoms with E-state index in [9.17, 15) is 4.39 Å². The van der Waals surface area contributed by atoms with Crippen molar-refractivity contribution >= 4 is 0 Å². The van der Waals surface area contributed by atoms with Crippen LogP contribution in [-0.2, 0) is 12.0 Å². The summed E-state index contributed by atoms with van der Waals surface area (Å²) in [6, 6.07) is 12.9. The van der Waals surface area contributed by atoms with Crippen LogP contribution in [0.5, 0.6) is 5.75 Å². The number of nitrogens with two attached hydrogens (primary N) is 1. The third-order valence-corrected chi connectivity index (χ3v) is 3.55. The van der Waals surface area contributed by atoms with Gasteiger partial charge in [-0.05, 0) is 55.2 Å². The van der Waals surface area contributed by atoms with E-state index in [1.807, 2.05) is 37.3 Å². The van der Waals surface area contributed by atoms with Gasteiger partial charge in [-0.1, -0.05) is 24.3 Å². The summed E-state index contributed by atoms with van der Waals surface area (Å²) < 4.78 is 18.5. The highest BCUT2D eigenvalue weighted by atomic mass is 19.1. The van der Waals surface area contributed by atoms with Gasteiger partial charge in [0, 0.05) is 5.54 Å². The molecule has 2 nitrogen and oxygen atoms in total. The highest BCUT2D eigenvalue weighted by molar-refractivity contribution is 5.33. The van der Waals surface area contributed by atoms with Crippen LogP contribution in [0.1, 0.15) is 23.6 Å². The minimum Gasteiger partial charge on any atom is -0.497 e. The molecule has 0 radical (unpaired) electrons. The zero-order chi connectivity index (χ0) is 14.8. The summed E-state index contributed by atoms with van der Waals surface area (Å²) >= 11 is 0. The molecule has 0 spiro atoms. The molecule has 2 rings (SSSR count). The molecule has 0 amide bonds. The van der Waals surface area contributed by atoms with Gasteiger partial charge in [0.15, 0.2) is 0 Å². The zero-order valence-electron chi connectivity index (χ0n) is 12.1. The van der Waals surface area contributed by atoms with Gasteiger partial charge in [-0.3, -0.25) is 0 Å². The van der Waals surface area contributed by atoms with E-state index in [0.29, 0.717) is 12.0 Å². The van der Waals surface area contributed by atoms with Crippen molar-refractivity contribution in [1.82, 2.24) is 0 Å². The summed E-state index contributed by atoms with van der Waals surface area (Å²) in [5, 5.41) is 0. The van der Waals surface area contributed by atoms with Gasteiger partial charge in [-0.15, -0.1) is 0 Å². The van der Waals surface area contributed by atoms with Crippen LogP contribution in [0.25, 0.3) is 0 Å². The van der Waals surface area contributed by atoms with E-state index >= 15 is 0 Å². The molecule has 106 valence electrons. The summed E-state index contributed by atoms with van der Waals surface area (Å²) in [5.41, 5.74) is 8.55. The van der Waals surface area contributed by atoms with Crippen LogP contribution < -0.4 is 10.5 Å². The molecule has 0 heterocycles. The van der Waals surface area contributed by atoms with Crippen LogP contribution in [-0.4, -0.2) is 7.11 Å². The highest BCUT2D eigenvalue weighted by Crippen LogP contribution is 2.25. The van der Waals surface area contributed by atoms with Crippen LogP contribution in [0, 0.1) is 12.7 Å². The summed E-state index contributed by atoms with van der Waals surface area (Å²) in [7, 11) is 1.64. The third-order valence-electron chi connectivity index (χ3n) is 3.55. The van der Waals surface area contributed by atoms with E-state index < -0.39 is 5.54 Å². The molecule has 0 saturated heterocycles. The lowest BCUT2D eigenvalue weighted by molar-refractivity contribution is 0.414. The van der Waals surface area contributed by atoms with Crippen molar-refractivity contribution in [2.24, 2.45) is 5.73 Å². The smallest absolute Gasteiger partial charge is 0.126 e. The van der Waals surface area contributed by atoms with Gasteiger partial charge in [-0.25, -0.2) is 4.39 Å². The average Bonchev–Trinajstić information content (AvgIpc) is 2.42. The Labute approximate surface area is 119 Å². The molecule has 0 saturated carbocycles. The monoisotopic (exact) mass is 273 g/mol. The minimum absolute atomic E-state index is 0.200. The van der Waals surface area contributed by atoms with Crippen molar-refractivity contribution in [2.45, 2.75) is 25.8 Å². The second-order valence-electron chi connectivity index (χ2n) is 5.41. The van der Waals surface area contributed by atoms with Crippen molar-refractivity contribution in [3.05, 3.63) is 65.0 Å². The first-order chi connectivity index (χ1) is 9.42. The fraction of sp³-hybridized carbons (Fsp3) is 0.294. The molecule has 0 fully saturated rings. The fourth-order valence-electron chi connectivity index (χ4n) is 2.27. The summed E-state index contributed by atoms with van der Waals surface area (Å²) in [5.74, 6) is 0.624. The summed E-state index contributed by atoms with van der Waals surface area (Å²) in [4.78, 5) is 0. The standard InChI is InChI=1S/C17H20FNO/c1-12-10-14(6-9-16(12)18)17(2,19)11-13-4-7-15(20-3)8-5-13/h4-10H,11,19H2,1-3H3. The topological polar surface area (TPSA) is 35.2 Å². The molecule has 0 aromatic heterocycles. The molecule has 0 aliphatic carbocycles. The Bertz CT molecular complexity index is 590. The molecule has 20 heavy (non-hydrogen) atoms. The minimum atomic E-state index is -0.535. The number of ether oxygens (including phenoxy) is 1. The lowest BCUT2D eigenvalue weighted by Gasteiger charge is -2.26. The second-order valence-corrected chi connectivity index (χ2v) is 5.41. The molecule has 3 heteroatoms. The van der Waals surface area contributed by atoms with Crippen molar-refractivity contribution in [1.29, 1.82) is 0 Å². The Balaban J connectivity index is 2.22. The van der Waals surface area contributed by atoms with E-state index in [1.54, 1.807) is 20.1 Å². The van der Waals surface area contributed by atoms with E-state index in [2.05, 4.69) is 0 Å². The summed E-state index contributed by atoms with van der Waals surface area (Å²) in [6.07, 6.45) is 0.683.